The molecule has 2 rings (SSSR count). The minimum atomic E-state index is -1.05. The van der Waals surface area contributed by atoms with Crippen LogP contribution in [-0.2, 0) is 17.8 Å². The summed E-state index contributed by atoms with van der Waals surface area (Å²) >= 11 is 0. The van der Waals surface area contributed by atoms with E-state index in [9.17, 15) is 14.7 Å². The van der Waals surface area contributed by atoms with Crippen molar-refractivity contribution in [3.63, 3.8) is 0 Å². The molecule has 0 bridgehead atoms. The Morgan fingerprint density at radius 1 is 1.00 bits per heavy atom. The highest BCUT2D eigenvalue weighted by molar-refractivity contribution is 5.75. The first-order chi connectivity index (χ1) is 13.7. The number of carbonyl (C=O) groups excluding carboxylic acids is 1. The molecule has 2 aromatic rings. The predicted octanol–water partition coefficient (Wildman–Crippen LogP) is 3.45. The van der Waals surface area contributed by atoms with Gasteiger partial charge in [-0.1, -0.05) is 60.7 Å². The van der Waals surface area contributed by atoms with Crippen LogP contribution in [-0.4, -0.2) is 45.3 Å². The van der Waals surface area contributed by atoms with Gasteiger partial charge in [0.15, 0.2) is 0 Å². The number of hydrogen-bond acceptors (Lipinski definition) is 3. The molecule has 0 saturated heterocycles. The van der Waals surface area contributed by atoms with E-state index in [1.54, 1.807) is 18.7 Å². The van der Waals surface area contributed by atoms with Gasteiger partial charge in [0, 0.05) is 19.0 Å². The maximum Gasteiger partial charge on any atom is 0.318 e. The van der Waals surface area contributed by atoms with Crippen molar-refractivity contribution in [1.82, 2.24) is 10.2 Å². The molecule has 1 unspecified atom stereocenters. The topological polar surface area (TPSA) is 89.9 Å². The van der Waals surface area contributed by atoms with Crippen LogP contribution in [0.4, 0.5) is 4.79 Å². The highest BCUT2D eigenvalue weighted by Gasteiger charge is 2.25. The van der Waals surface area contributed by atoms with Gasteiger partial charge >= 0.3 is 12.0 Å². The zero-order chi connectivity index (χ0) is 21.3. The minimum Gasteiger partial charge on any atom is -0.481 e. The zero-order valence-corrected chi connectivity index (χ0v) is 17.0. The van der Waals surface area contributed by atoms with Crippen molar-refractivity contribution in [3.8, 4) is 0 Å². The summed E-state index contributed by atoms with van der Waals surface area (Å²) < 4.78 is 0. The predicted molar refractivity (Wildman–Crippen MR) is 112 cm³/mol. The molecule has 156 valence electrons. The summed E-state index contributed by atoms with van der Waals surface area (Å²) in [5.41, 5.74) is 0.930. The first-order valence-electron chi connectivity index (χ1n) is 9.80. The van der Waals surface area contributed by atoms with Crippen molar-refractivity contribution in [2.75, 3.05) is 6.54 Å². The second-order valence-electron chi connectivity index (χ2n) is 7.92. The number of amides is 2. The number of carboxylic acid groups (broad SMARTS) is 1. The van der Waals surface area contributed by atoms with Gasteiger partial charge in [-0.3, -0.25) is 4.79 Å². The average molecular weight is 399 g/mol. The maximum absolute atomic E-state index is 13.0. The van der Waals surface area contributed by atoms with E-state index in [1.165, 1.54) is 0 Å². The second-order valence-corrected chi connectivity index (χ2v) is 7.92. The van der Waals surface area contributed by atoms with E-state index in [0.29, 0.717) is 19.4 Å². The lowest BCUT2D eigenvalue weighted by atomic mass is 10.0. The number of hydrogen-bond donors (Lipinski definition) is 3. The molecule has 0 aliphatic heterocycles. The smallest absolute Gasteiger partial charge is 0.318 e. The van der Waals surface area contributed by atoms with Crippen molar-refractivity contribution >= 4 is 12.0 Å². The summed E-state index contributed by atoms with van der Waals surface area (Å²) in [6, 6.07) is 18.6. The Hall–Kier alpha value is -2.86. The molecule has 0 fully saturated rings. The molecule has 1 atom stereocenters. The van der Waals surface area contributed by atoms with Crippen LogP contribution in [0.15, 0.2) is 60.7 Å². The van der Waals surface area contributed by atoms with E-state index in [2.05, 4.69) is 5.32 Å². The van der Waals surface area contributed by atoms with Crippen LogP contribution in [0.5, 0.6) is 0 Å². The third kappa shape index (κ3) is 8.79. The van der Waals surface area contributed by atoms with E-state index >= 15 is 0 Å². The highest BCUT2D eigenvalue weighted by atomic mass is 16.4. The van der Waals surface area contributed by atoms with Crippen LogP contribution in [0, 0.1) is 0 Å². The third-order valence-corrected chi connectivity index (χ3v) is 4.44. The van der Waals surface area contributed by atoms with Crippen molar-refractivity contribution in [3.05, 3.63) is 71.8 Å². The fourth-order valence-electron chi connectivity index (χ4n) is 3.16. The number of urea groups is 1. The summed E-state index contributed by atoms with van der Waals surface area (Å²) in [7, 11) is 0. The normalized spacial score (nSPS) is 12.2. The van der Waals surface area contributed by atoms with Crippen LogP contribution in [0.1, 0.15) is 37.8 Å². The van der Waals surface area contributed by atoms with Gasteiger partial charge in [0.1, 0.15) is 0 Å². The Balaban J connectivity index is 2.12. The number of carboxylic acids is 1. The van der Waals surface area contributed by atoms with E-state index in [4.69, 9.17) is 5.11 Å². The summed E-state index contributed by atoms with van der Waals surface area (Å²) in [6.07, 6.45) is 0.848. The Kier molecular flexibility index (Phi) is 8.21. The van der Waals surface area contributed by atoms with Gasteiger partial charge in [-0.25, -0.2) is 4.79 Å². The van der Waals surface area contributed by atoms with Crippen LogP contribution in [0.2, 0.25) is 0 Å². The largest absolute Gasteiger partial charge is 0.481 e. The first kappa shape index (κ1) is 22.4. The molecule has 0 aliphatic carbocycles. The molecule has 6 nitrogen and oxygen atoms in total. The first-order valence-corrected chi connectivity index (χ1v) is 9.80. The molecule has 0 aromatic heterocycles. The molecule has 2 aromatic carbocycles. The average Bonchev–Trinajstić information content (AvgIpc) is 2.66. The van der Waals surface area contributed by atoms with E-state index < -0.39 is 11.6 Å². The molecular weight excluding hydrogens is 368 g/mol. The van der Waals surface area contributed by atoms with Gasteiger partial charge < -0.3 is 20.4 Å². The molecule has 0 radical (unpaired) electrons. The van der Waals surface area contributed by atoms with Crippen LogP contribution < -0.4 is 5.32 Å². The Morgan fingerprint density at radius 2 is 1.55 bits per heavy atom. The quantitative estimate of drug-likeness (QED) is 0.572. The van der Waals surface area contributed by atoms with Crippen LogP contribution in [0.3, 0.4) is 0 Å². The number of carbonyl (C=O) groups is 2. The van der Waals surface area contributed by atoms with Gasteiger partial charge in [0.25, 0.3) is 0 Å². The standard InChI is InChI=1S/C23H30N2O4/c1-23(2,29)17-25(16-19-11-7-4-8-12-19)22(28)24-20(13-14-21(26)27)15-18-9-5-3-6-10-18/h3-12,20,29H,13-17H2,1-2H3,(H,24,28)(H,26,27). The van der Waals surface area contributed by atoms with Crippen molar-refractivity contribution < 1.29 is 19.8 Å². The maximum atomic E-state index is 13.0. The van der Waals surface area contributed by atoms with Gasteiger partial charge in [0.05, 0.1) is 12.1 Å². The van der Waals surface area contributed by atoms with Crippen molar-refractivity contribution in [1.29, 1.82) is 0 Å². The third-order valence-electron chi connectivity index (χ3n) is 4.44. The Bertz CT molecular complexity index is 772. The zero-order valence-electron chi connectivity index (χ0n) is 17.0. The number of benzene rings is 2. The molecule has 2 amide bonds. The summed E-state index contributed by atoms with van der Waals surface area (Å²) in [5, 5.41) is 22.3. The Morgan fingerprint density at radius 3 is 2.07 bits per heavy atom. The molecule has 3 N–H and O–H groups in total. The lowest BCUT2D eigenvalue weighted by Gasteiger charge is -2.31. The number of aliphatic carboxylic acids is 1. The number of aliphatic hydroxyl groups is 1. The van der Waals surface area contributed by atoms with Crippen molar-refractivity contribution in [2.45, 2.75) is 51.3 Å². The van der Waals surface area contributed by atoms with Gasteiger partial charge in [-0.2, -0.15) is 0 Å². The molecular formula is C23H30N2O4. The highest BCUT2D eigenvalue weighted by Crippen LogP contribution is 2.13. The Labute approximate surface area is 172 Å². The van der Waals surface area contributed by atoms with Gasteiger partial charge in [-0.05, 0) is 37.8 Å². The van der Waals surface area contributed by atoms with Crippen LogP contribution >= 0.6 is 0 Å². The summed E-state index contributed by atoms with van der Waals surface area (Å²) in [6.45, 7) is 3.83. The molecule has 0 spiro atoms. The monoisotopic (exact) mass is 398 g/mol. The van der Waals surface area contributed by atoms with E-state index in [-0.39, 0.29) is 25.0 Å². The summed E-state index contributed by atoms with van der Waals surface area (Å²) in [5.74, 6) is -0.894. The molecule has 6 heteroatoms. The SMILES string of the molecule is CC(C)(O)CN(Cc1ccccc1)C(=O)NC(CCC(=O)O)Cc1ccccc1. The number of rotatable bonds is 10. The molecule has 0 saturated carbocycles. The molecule has 0 aliphatic rings. The fraction of sp³-hybridized carbons (Fsp3) is 0.391. The number of nitrogens with one attached hydrogen (secondary N) is 1. The fourth-order valence-corrected chi connectivity index (χ4v) is 3.16. The second kappa shape index (κ2) is 10.6. The van der Waals surface area contributed by atoms with Gasteiger partial charge in [0.2, 0.25) is 0 Å². The lowest BCUT2D eigenvalue weighted by molar-refractivity contribution is -0.137. The molecule has 0 heterocycles. The van der Waals surface area contributed by atoms with Crippen molar-refractivity contribution in [2.24, 2.45) is 0 Å². The van der Waals surface area contributed by atoms with Crippen LogP contribution in [0.25, 0.3) is 0 Å². The van der Waals surface area contributed by atoms with E-state index in [0.717, 1.165) is 11.1 Å². The van der Waals surface area contributed by atoms with E-state index in [1.807, 2.05) is 60.7 Å². The lowest BCUT2D eigenvalue weighted by Crippen LogP contribution is -2.49. The minimum absolute atomic E-state index is 0.0258. The summed E-state index contributed by atoms with van der Waals surface area (Å²) in [4.78, 5) is 25.6. The molecule has 29 heavy (non-hydrogen) atoms. The number of nitrogens with zero attached hydrogens (tertiary/aromatic N) is 1. The van der Waals surface area contributed by atoms with Gasteiger partial charge in [-0.15, -0.1) is 0 Å².